The second kappa shape index (κ2) is 8.79. The third-order valence-electron chi connectivity index (χ3n) is 5.29. The third-order valence-corrected chi connectivity index (χ3v) is 7.51. The molecule has 2 heterocycles. The van der Waals surface area contributed by atoms with Crippen molar-refractivity contribution in [1.29, 1.82) is 0 Å². The molecule has 1 aromatic rings. The highest BCUT2D eigenvalue weighted by Gasteiger charge is 2.36. The number of rotatable bonds is 6. The van der Waals surface area contributed by atoms with Crippen molar-refractivity contribution in [3.63, 3.8) is 0 Å². The van der Waals surface area contributed by atoms with Crippen LogP contribution >= 0.6 is 11.6 Å². The van der Waals surface area contributed by atoms with Crippen molar-refractivity contribution in [2.45, 2.75) is 30.3 Å². The van der Waals surface area contributed by atoms with Crippen molar-refractivity contribution in [2.75, 3.05) is 45.8 Å². The number of alkyl halides is 3. The zero-order chi connectivity index (χ0) is 21.2. The van der Waals surface area contributed by atoms with Crippen LogP contribution in [-0.4, -0.2) is 74.2 Å². The van der Waals surface area contributed by atoms with E-state index in [1.807, 2.05) is 4.90 Å². The fourth-order valence-corrected chi connectivity index (χ4v) is 5.32. The number of hydrogen-bond acceptors (Lipinski definition) is 4. The second-order valence-electron chi connectivity index (χ2n) is 7.22. The van der Waals surface area contributed by atoms with E-state index in [0.29, 0.717) is 32.1 Å². The number of sulfonamides is 1. The summed E-state index contributed by atoms with van der Waals surface area (Å²) in [6.45, 7) is 3.63. The van der Waals surface area contributed by atoms with Gasteiger partial charge in [0.05, 0.1) is 15.5 Å². The minimum Gasteiger partial charge on any atom is -0.343 e. The lowest BCUT2D eigenvalue weighted by molar-refractivity contribution is -0.137. The number of carbonyl (C=O) groups excluding carboxylic acids is 1. The molecule has 3 rings (SSSR count). The Bertz CT molecular complexity index is 856. The van der Waals surface area contributed by atoms with Crippen LogP contribution in [0.3, 0.4) is 0 Å². The maximum Gasteiger partial charge on any atom is 0.417 e. The highest BCUT2D eigenvalue weighted by molar-refractivity contribution is 7.89. The zero-order valence-electron chi connectivity index (χ0n) is 15.8. The number of halogens is 4. The van der Waals surface area contributed by atoms with Gasteiger partial charge in [0.1, 0.15) is 0 Å². The van der Waals surface area contributed by atoms with E-state index in [4.69, 9.17) is 11.6 Å². The normalized spacial score (nSPS) is 19.9. The Hall–Kier alpha value is -1.36. The lowest BCUT2D eigenvalue weighted by Gasteiger charge is -2.34. The summed E-state index contributed by atoms with van der Waals surface area (Å²) in [5.74, 6) is 0.183. The molecule has 1 amide bonds. The number of hydrogen-bond donors (Lipinski definition) is 0. The van der Waals surface area contributed by atoms with Crippen LogP contribution in [0.2, 0.25) is 5.02 Å². The molecule has 11 heteroatoms. The predicted octanol–water partition coefficient (Wildman–Crippen LogP) is 2.68. The van der Waals surface area contributed by atoms with Gasteiger partial charge in [0.2, 0.25) is 15.9 Å². The van der Waals surface area contributed by atoms with Crippen LogP contribution in [0.5, 0.6) is 0 Å². The molecule has 1 aromatic carbocycles. The van der Waals surface area contributed by atoms with Crippen LogP contribution in [0.1, 0.15) is 24.8 Å². The molecule has 0 atom stereocenters. The van der Waals surface area contributed by atoms with Crippen LogP contribution in [0.4, 0.5) is 13.2 Å². The molecule has 0 saturated carbocycles. The minimum absolute atomic E-state index is 0.183. The first-order valence-electron chi connectivity index (χ1n) is 9.46. The summed E-state index contributed by atoms with van der Waals surface area (Å²) in [5, 5.41) is -0.530. The van der Waals surface area contributed by atoms with E-state index in [0.717, 1.165) is 38.1 Å². The average Bonchev–Trinajstić information content (AvgIpc) is 3.06. The summed E-state index contributed by atoms with van der Waals surface area (Å²) >= 11 is 5.58. The molecular weight excluding hydrogens is 431 g/mol. The number of amides is 1. The molecule has 2 fully saturated rings. The summed E-state index contributed by atoms with van der Waals surface area (Å²) in [7, 11) is -4.03. The SMILES string of the molecule is O=C1CCCN1CCCN1CCN(S(=O)(=O)c2ccc(Cl)c(C(F)(F)F)c2)CC1. The monoisotopic (exact) mass is 453 g/mol. The summed E-state index contributed by atoms with van der Waals surface area (Å²) in [5.41, 5.74) is -1.16. The standard InChI is InChI=1S/C18H23ClF3N3O3S/c19-16-5-4-14(13-15(16)18(20,21)22)29(27,28)25-11-9-23(10-12-25)6-2-8-24-7-1-3-17(24)26/h4-5,13H,1-3,6-12H2. The largest absolute Gasteiger partial charge is 0.417 e. The molecule has 2 saturated heterocycles. The van der Waals surface area contributed by atoms with E-state index in [1.165, 1.54) is 4.31 Å². The molecule has 0 aromatic heterocycles. The van der Waals surface area contributed by atoms with Crippen molar-refractivity contribution in [2.24, 2.45) is 0 Å². The van der Waals surface area contributed by atoms with Crippen LogP contribution in [0.15, 0.2) is 23.1 Å². The molecule has 0 spiro atoms. The highest BCUT2D eigenvalue weighted by atomic mass is 35.5. The van der Waals surface area contributed by atoms with Crippen LogP contribution < -0.4 is 0 Å². The van der Waals surface area contributed by atoms with Gasteiger partial charge in [-0.15, -0.1) is 0 Å². The first-order chi connectivity index (χ1) is 13.6. The van der Waals surface area contributed by atoms with E-state index in [2.05, 4.69) is 4.90 Å². The van der Waals surface area contributed by atoms with Crippen LogP contribution in [0.25, 0.3) is 0 Å². The summed E-state index contributed by atoms with van der Waals surface area (Å²) in [4.78, 5) is 15.2. The first kappa shape index (κ1) is 22.3. The van der Waals surface area contributed by atoms with Crippen molar-refractivity contribution in [3.05, 3.63) is 28.8 Å². The Morgan fingerprint density at radius 1 is 1.03 bits per heavy atom. The summed E-state index contributed by atoms with van der Waals surface area (Å²) < 4.78 is 65.9. The topological polar surface area (TPSA) is 60.9 Å². The number of nitrogens with zero attached hydrogens (tertiary/aromatic N) is 3. The van der Waals surface area contributed by atoms with E-state index < -0.39 is 31.7 Å². The molecule has 0 N–H and O–H groups in total. The molecule has 162 valence electrons. The van der Waals surface area contributed by atoms with E-state index in [1.54, 1.807) is 0 Å². The quantitative estimate of drug-likeness (QED) is 0.664. The molecule has 6 nitrogen and oxygen atoms in total. The Morgan fingerprint density at radius 3 is 2.31 bits per heavy atom. The maximum atomic E-state index is 13.0. The number of likely N-dealkylation sites (tertiary alicyclic amines) is 1. The first-order valence-corrected chi connectivity index (χ1v) is 11.3. The Labute approximate surface area is 173 Å². The molecular formula is C18H23ClF3N3O3S. The Balaban J connectivity index is 1.56. The van der Waals surface area contributed by atoms with Crippen molar-refractivity contribution >= 4 is 27.5 Å². The van der Waals surface area contributed by atoms with Gasteiger partial charge in [0, 0.05) is 45.7 Å². The number of benzene rings is 1. The maximum absolute atomic E-state index is 13.0. The summed E-state index contributed by atoms with van der Waals surface area (Å²) in [6, 6.07) is 2.66. The molecule has 29 heavy (non-hydrogen) atoms. The number of piperazine rings is 1. The van der Waals surface area contributed by atoms with Gasteiger partial charge < -0.3 is 9.80 Å². The molecule has 2 aliphatic heterocycles. The fourth-order valence-electron chi connectivity index (χ4n) is 3.65. The van der Waals surface area contributed by atoms with Crippen LogP contribution in [-0.2, 0) is 21.0 Å². The van der Waals surface area contributed by atoms with Crippen molar-refractivity contribution in [3.8, 4) is 0 Å². The van der Waals surface area contributed by atoms with Gasteiger partial charge in [-0.3, -0.25) is 4.79 Å². The lowest BCUT2D eigenvalue weighted by Crippen LogP contribution is -2.49. The third kappa shape index (κ3) is 5.22. The zero-order valence-corrected chi connectivity index (χ0v) is 17.4. The van der Waals surface area contributed by atoms with Crippen LogP contribution in [0, 0.1) is 0 Å². The molecule has 0 unspecified atom stereocenters. The lowest BCUT2D eigenvalue weighted by atomic mass is 10.2. The van der Waals surface area contributed by atoms with Crippen molar-refractivity contribution < 1.29 is 26.4 Å². The molecule has 0 radical (unpaired) electrons. The highest BCUT2D eigenvalue weighted by Crippen LogP contribution is 2.36. The van der Waals surface area contributed by atoms with Gasteiger partial charge in [-0.2, -0.15) is 17.5 Å². The predicted molar refractivity (Wildman–Crippen MR) is 102 cm³/mol. The van der Waals surface area contributed by atoms with E-state index >= 15 is 0 Å². The molecule has 0 aliphatic carbocycles. The van der Waals surface area contributed by atoms with E-state index in [9.17, 15) is 26.4 Å². The van der Waals surface area contributed by atoms with Gasteiger partial charge in [-0.05, 0) is 37.6 Å². The van der Waals surface area contributed by atoms with Gasteiger partial charge in [0.25, 0.3) is 0 Å². The minimum atomic E-state index is -4.72. The second-order valence-corrected chi connectivity index (χ2v) is 9.57. The fraction of sp³-hybridized carbons (Fsp3) is 0.611. The Morgan fingerprint density at radius 2 is 1.72 bits per heavy atom. The van der Waals surface area contributed by atoms with Crippen molar-refractivity contribution in [1.82, 2.24) is 14.1 Å². The smallest absolute Gasteiger partial charge is 0.343 e. The average molecular weight is 454 g/mol. The van der Waals surface area contributed by atoms with Gasteiger partial charge in [-0.25, -0.2) is 8.42 Å². The Kier molecular flexibility index (Phi) is 6.77. The van der Waals surface area contributed by atoms with E-state index in [-0.39, 0.29) is 19.0 Å². The molecule has 2 aliphatic rings. The summed E-state index contributed by atoms with van der Waals surface area (Å²) in [6.07, 6.45) is -2.41. The number of carbonyl (C=O) groups is 1. The van der Waals surface area contributed by atoms with Gasteiger partial charge in [-0.1, -0.05) is 11.6 Å². The van der Waals surface area contributed by atoms with Gasteiger partial charge in [0.15, 0.2) is 0 Å². The van der Waals surface area contributed by atoms with Gasteiger partial charge >= 0.3 is 6.18 Å². The molecule has 0 bridgehead atoms.